The molecule has 6 nitrogen and oxygen atoms in total. The molecule has 0 spiro atoms. The third-order valence-corrected chi connectivity index (χ3v) is 3.58. The number of hydrogen-bond acceptors (Lipinski definition) is 4. The Morgan fingerprint density at radius 2 is 1.83 bits per heavy atom. The van der Waals surface area contributed by atoms with Crippen LogP contribution in [-0.2, 0) is 18.3 Å². The van der Waals surface area contributed by atoms with E-state index in [9.17, 15) is 9.59 Å². The van der Waals surface area contributed by atoms with E-state index in [1.165, 1.54) is 7.11 Å². The fraction of sp³-hybridized carbons (Fsp3) is 0.294. The van der Waals surface area contributed by atoms with Gasteiger partial charge in [0.2, 0.25) is 0 Å². The lowest BCUT2D eigenvalue weighted by Crippen LogP contribution is -2.22. The average Bonchev–Trinajstić information content (AvgIpc) is 2.93. The van der Waals surface area contributed by atoms with Crippen LogP contribution in [0.2, 0.25) is 0 Å². The highest BCUT2D eigenvalue weighted by Crippen LogP contribution is 2.13. The molecule has 23 heavy (non-hydrogen) atoms. The van der Waals surface area contributed by atoms with Crippen molar-refractivity contribution in [2.75, 3.05) is 19.0 Å². The average molecular weight is 315 g/mol. The van der Waals surface area contributed by atoms with Crippen LogP contribution in [0.1, 0.15) is 33.5 Å². The van der Waals surface area contributed by atoms with Gasteiger partial charge in [0.1, 0.15) is 5.69 Å². The molecule has 0 unspecified atom stereocenters. The van der Waals surface area contributed by atoms with Gasteiger partial charge in [-0.2, -0.15) is 0 Å². The molecule has 1 amide bonds. The van der Waals surface area contributed by atoms with Crippen LogP contribution in [0.25, 0.3) is 0 Å². The molecule has 0 saturated carbocycles. The first kappa shape index (κ1) is 16.6. The summed E-state index contributed by atoms with van der Waals surface area (Å²) in [6.07, 6.45) is 0. The van der Waals surface area contributed by atoms with Crippen molar-refractivity contribution in [3.05, 3.63) is 53.3 Å². The van der Waals surface area contributed by atoms with Gasteiger partial charge in [-0.3, -0.25) is 4.79 Å². The van der Waals surface area contributed by atoms with Crippen molar-refractivity contribution in [3.8, 4) is 0 Å². The van der Waals surface area contributed by atoms with E-state index in [1.54, 1.807) is 22.8 Å². The lowest BCUT2D eigenvalue weighted by atomic mass is 10.2. The number of carbonyl (C=O) groups excluding carboxylic acids is 2. The molecular formula is C17H21N3O3. The van der Waals surface area contributed by atoms with Crippen molar-refractivity contribution in [1.82, 2.24) is 9.88 Å². The molecule has 1 heterocycles. The van der Waals surface area contributed by atoms with Gasteiger partial charge < -0.3 is 19.9 Å². The maximum atomic E-state index is 11.7. The molecule has 0 aliphatic rings. The predicted molar refractivity (Wildman–Crippen MR) is 88.5 cm³/mol. The number of ether oxygens (including phenoxy) is 1. The Morgan fingerprint density at radius 1 is 1.13 bits per heavy atom. The number of esters is 1. The maximum absolute atomic E-state index is 11.7. The smallest absolute Gasteiger partial charge is 0.354 e. The third kappa shape index (κ3) is 3.91. The van der Waals surface area contributed by atoms with Crippen molar-refractivity contribution < 1.29 is 14.3 Å². The summed E-state index contributed by atoms with van der Waals surface area (Å²) in [5.74, 6) is -0.436. The van der Waals surface area contributed by atoms with E-state index in [-0.39, 0.29) is 11.9 Å². The number of nitrogens with one attached hydrogen (secondary N) is 2. The van der Waals surface area contributed by atoms with E-state index in [4.69, 9.17) is 4.74 Å². The van der Waals surface area contributed by atoms with Crippen LogP contribution >= 0.6 is 0 Å². The number of amides is 1. The maximum Gasteiger partial charge on any atom is 0.354 e. The van der Waals surface area contributed by atoms with Crippen LogP contribution < -0.4 is 10.6 Å². The molecular weight excluding hydrogens is 294 g/mol. The van der Waals surface area contributed by atoms with Gasteiger partial charge in [0.15, 0.2) is 0 Å². The fourth-order valence-corrected chi connectivity index (χ4v) is 2.24. The lowest BCUT2D eigenvalue weighted by molar-refractivity contribution is 0.0589. The number of nitrogens with zero attached hydrogens (tertiary/aromatic N) is 1. The summed E-state index contributed by atoms with van der Waals surface area (Å²) in [6.45, 7) is 3.05. The standard InChI is InChI=1S/C17H21N3O3/c1-4-18-16(21)12-5-7-13(8-6-12)19-11-14-9-10-15(20(14)2)17(22)23-3/h5-10,19H,4,11H2,1-3H3,(H,18,21). The molecule has 1 aromatic carbocycles. The Kier molecular flexibility index (Phi) is 5.41. The number of methoxy groups -OCH3 is 1. The highest BCUT2D eigenvalue weighted by molar-refractivity contribution is 5.94. The summed E-state index contributed by atoms with van der Waals surface area (Å²) < 4.78 is 6.52. The van der Waals surface area contributed by atoms with Crippen molar-refractivity contribution in [2.45, 2.75) is 13.5 Å². The largest absolute Gasteiger partial charge is 0.464 e. The van der Waals surface area contributed by atoms with Gasteiger partial charge in [0, 0.05) is 30.5 Å². The van der Waals surface area contributed by atoms with E-state index in [0.717, 1.165) is 11.4 Å². The van der Waals surface area contributed by atoms with Crippen LogP contribution in [-0.4, -0.2) is 30.1 Å². The molecule has 2 rings (SSSR count). The van der Waals surface area contributed by atoms with Gasteiger partial charge in [-0.1, -0.05) is 0 Å². The summed E-state index contributed by atoms with van der Waals surface area (Å²) in [7, 11) is 3.19. The van der Waals surface area contributed by atoms with Crippen LogP contribution in [0.15, 0.2) is 36.4 Å². The fourth-order valence-electron chi connectivity index (χ4n) is 2.24. The second-order valence-electron chi connectivity index (χ2n) is 5.05. The monoisotopic (exact) mass is 315 g/mol. The highest BCUT2D eigenvalue weighted by atomic mass is 16.5. The Hall–Kier alpha value is -2.76. The first-order chi connectivity index (χ1) is 11.1. The molecule has 2 aromatic rings. The number of rotatable bonds is 6. The molecule has 0 radical (unpaired) electrons. The summed E-state index contributed by atoms with van der Waals surface area (Å²) in [4.78, 5) is 23.3. The van der Waals surface area contributed by atoms with E-state index in [1.807, 2.05) is 32.2 Å². The van der Waals surface area contributed by atoms with E-state index < -0.39 is 0 Å². The number of hydrogen-bond donors (Lipinski definition) is 2. The summed E-state index contributed by atoms with van der Waals surface area (Å²) in [5.41, 5.74) is 3.00. The van der Waals surface area contributed by atoms with Gasteiger partial charge in [0.25, 0.3) is 5.91 Å². The Morgan fingerprint density at radius 3 is 2.43 bits per heavy atom. The van der Waals surface area contributed by atoms with Gasteiger partial charge in [0.05, 0.1) is 13.7 Å². The van der Waals surface area contributed by atoms with Crippen molar-refractivity contribution in [2.24, 2.45) is 7.05 Å². The molecule has 0 atom stereocenters. The molecule has 0 fully saturated rings. The second-order valence-corrected chi connectivity index (χ2v) is 5.05. The summed E-state index contributed by atoms with van der Waals surface area (Å²) >= 11 is 0. The van der Waals surface area contributed by atoms with Crippen molar-refractivity contribution >= 4 is 17.6 Å². The van der Waals surface area contributed by atoms with Crippen molar-refractivity contribution in [1.29, 1.82) is 0 Å². The summed E-state index contributed by atoms with van der Waals surface area (Å²) in [6, 6.07) is 10.9. The zero-order valence-corrected chi connectivity index (χ0v) is 13.6. The number of carbonyl (C=O) groups is 2. The Bertz CT molecular complexity index is 690. The second kappa shape index (κ2) is 7.49. The number of anilines is 1. The zero-order chi connectivity index (χ0) is 16.8. The minimum Gasteiger partial charge on any atom is -0.464 e. The Labute approximate surface area is 135 Å². The normalized spacial score (nSPS) is 10.2. The predicted octanol–water partition coefficient (Wildman–Crippen LogP) is 2.17. The molecule has 6 heteroatoms. The number of aromatic nitrogens is 1. The molecule has 0 bridgehead atoms. The lowest BCUT2D eigenvalue weighted by Gasteiger charge is -2.10. The molecule has 2 N–H and O–H groups in total. The molecule has 1 aromatic heterocycles. The van der Waals surface area contributed by atoms with Crippen LogP contribution in [0.4, 0.5) is 5.69 Å². The molecule has 0 saturated heterocycles. The summed E-state index contributed by atoms with van der Waals surface area (Å²) in [5, 5.41) is 6.02. The van der Waals surface area contributed by atoms with Crippen molar-refractivity contribution in [3.63, 3.8) is 0 Å². The number of benzene rings is 1. The highest BCUT2D eigenvalue weighted by Gasteiger charge is 2.12. The van der Waals surface area contributed by atoms with Crippen LogP contribution in [0.3, 0.4) is 0 Å². The van der Waals surface area contributed by atoms with E-state index in [0.29, 0.717) is 24.3 Å². The SMILES string of the molecule is CCNC(=O)c1ccc(NCc2ccc(C(=O)OC)n2C)cc1. The Balaban J connectivity index is 2.00. The molecule has 0 aliphatic heterocycles. The molecule has 122 valence electrons. The minimum atomic E-state index is -0.356. The quantitative estimate of drug-likeness (QED) is 0.801. The first-order valence-corrected chi connectivity index (χ1v) is 7.41. The minimum absolute atomic E-state index is 0.0794. The van der Waals surface area contributed by atoms with Crippen LogP contribution in [0.5, 0.6) is 0 Å². The van der Waals surface area contributed by atoms with Gasteiger partial charge in [-0.05, 0) is 43.3 Å². The van der Waals surface area contributed by atoms with Gasteiger partial charge in [-0.15, -0.1) is 0 Å². The topological polar surface area (TPSA) is 72.4 Å². The molecule has 0 aliphatic carbocycles. The third-order valence-electron chi connectivity index (χ3n) is 3.58. The van der Waals surface area contributed by atoms with E-state index in [2.05, 4.69) is 10.6 Å². The van der Waals surface area contributed by atoms with Crippen LogP contribution in [0, 0.1) is 0 Å². The van der Waals surface area contributed by atoms with Gasteiger partial charge >= 0.3 is 5.97 Å². The van der Waals surface area contributed by atoms with E-state index >= 15 is 0 Å². The van der Waals surface area contributed by atoms with Gasteiger partial charge in [-0.25, -0.2) is 4.79 Å². The zero-order valence-electron chi connectivity index (χ0n) is 13.6. The first-order valence-electron chi connectivity index (χ1n) is 7.41.